The molecule has 0 amide bonds. The summed E-state index contributed by atoms with van der Waals surface area (Å²) in [5.41, 5.74) is 2.16. The lowest BCUT2D eigenvalue weighted by atomic mass is 9.84. The first-order valence-corrected chi connectivity index (χ1v) is 5.78. The minimum atomic E-state index is 0.0201. The van der Waals surface area contributed by atoms with Crippen LogP contribution in [0, 0.1) is 0 Å². The molecule has 1 heteroatoms. The molecule has 0 heterocycles. The molecule has 0 aliphatic carbocycles. The normalized spacial score (nSPS) is 11.7. The van der Waals surface area contributed by atoms with Gasteiger partial charge >= 0.3 is 0 Å². The summed E-state index contributed by atoms with van der Waals surface area (Å²) >= 11 is 0. The number of aromatic hydroxyl groups is 1. The van der Waals surface area contributed by atoms with Gasteiger partial charge in [0.2, 0.25) is 0 Å². The minimum absolute atomic E-state index is 0.0201. The standard InChI is InChI=1S/C14H22O/c1-5-6-8-11-9-7-10-12(13(11)15)14(2,3)4/h7,9-10,15H,5-6,8H2,1-4H3. The Morgan fingerprint density at radius 2 is 1.87 bits per heavy atom. The summed E-state index contributed by atoms with van der Waals surface area (Å²) in [6.07, 6.45) is 3.28. The van der Waals surface area contributed by atoms with Crippen LogP contribution in [0.4, 0.5) is 0 Å². The summed E-state index contributed by atoms with van der Waals surface area (Å²) < 4.78 is 0. The van der Waals surface area contributed by atoms with Crippen LogP contribution in [0.3, 0.4) is 0 Å². The number of aryl methyl sites for hydroxylation is 1. The second kappa shape index (κ2) is 4.69. The van der Waals surface area contributed by atoms with Crippen LogP contribution in [-0.2, 0) is 11.8 Å². The van der Waals surface area contributed by atoms with E-state index in [2.05, 4.69) is 27.7 Å². The van der Waals surface area contributed by atoms with Gasteiger partial charge < -0.3 is 5.11 Å². The van der Waals surface area contributed by atoms with Crippen LogP contribution in [-0.4, -0.2) is 5.11 Å². The Balaban J connectivity index is 3.01. The summed E-state index contributed by atoms with van der Waals surface area (Å²) in [5, 5.41) is 10.2. The molecule has 0 spiro atoms. The van der Waals surface area contributed by atoms with E-state index in [4.69, 9.17) is 0 Å². The smallest absolute Gasteiger partial charge is 0.122 e. The first-order chi connectivity index (χ1) is 6.96. The molecule has 0 aliphatic rings. The third kappa shape index (κ3) is 2.98. The van der Waals surface area contributed by atoms with E-state index in [9.17, 15) is 5.11 Å². The highest BCUT2D eigenvalue weighted by Gasteiger charge is 2.19. The lowest BCUT2D eigenvalue weighted by molar-refractivity contribution is 0.439. The fourth-order valence-corrected chi connectivity index (χ4v) is 1.77. The van der Waals surface area contributed by atoms with Crippen molar-refractivity contribution in [2.45, 2.75) is 52.4 Å². The maximum absolute atomic E-state index is 10.2. The Morgan fingerprint density at radius 3 is 2.40 bits per heavy atom. The number of phenols is 1. The number of hydrogen-bond acceptors (Lipinski definition) is 1. The van der Waals surface area contributed by atoms with Gasteiger partial charge in [-0.2, -0.15) is 0 Å². The Bertz CT molecular complexity index is 321. The van der Waals surface area contributed by atoms with Gasteiger partial charge in [0.25, 0.3) is 0 Å². The predicted molar refractivity (Wildman–Crippen MR) is 65.4 cm³/mol. The van der Waals surface area contributed by atoms with Gasteiger partial charge in [-0.3, -0.25) is 0 Å². The summed E-state index contributed by atoms with van der Waals surface area (Å²) in [4.78, 5) is 0. The zero-order chi connectivity index (χ0) is 11.5. The molecule has 0 bridgehead atoms. The van der Waals surface area contributed by atoms with Crippen LogP contribution in [0.15, 0.2) is 18.2 Å². The van der Waals surface area contributed by atoms with Gasteiger partial charge in [0.15, 0.2) is 0 Å². The lowest BCUT2D eigenvalue weighted by Crippen LogP contribution is -2.11. The van der Waals surface area contributed by atoms with Crippen LogP contribution in [0.25, 0.3) is 0 Å². The molecule has 0 aliphatic heterocycles. The minimum Gasteiger partial charge on any atom is -0.507 e. The first-order valence-electron chi connectivity index (χ1n) is 5.78. The summed E-state index contributed by atoms with van der Waals surface area (Å²) in [6.45, 7) is 8.56. The van der Waals surface area contributed by atoms with Crippen LogP contribution in [0.2, 0.25) is 0 Å². The Labute approximate surface area is 93.1 Å². The van der Waals surface area contributed by atoms with Gasteiger partial charge in [-0.25, -0.2) is 0 Å². The molecule has 15 heavy (non-hydrogen) atoms. The highest BCUT2D eigenvalue weighted by atomic mass is 16.3. The van der Waals surface area contributed by atoms with Crippen molar-refractivity contribution in [2.24, 2.45) is 0 Å². The number of benzene rings is 1. The maximum Gasteiger partial charge on any atom is 0.122 e. The second-order valence-corrected chi connectivity index (χ2v) is 5.17. The van der Waals surface area contributed by atoms with E-state index in [1.807, 2.05) is 18.2 Å². The summed E-state index contributed by atoms with van der Waals surface area (Å²) in [7, 11) is 0. The van der Waals surface area contributed by atoms with E-state index in [1.54, 1.807) is 0 Å². The molecule has 0 aromatic heterocycles. The van der Waals surface area contributed by atoms with Crippen LogP contribution in [0.5, 0.6) is 5.75 Å². The highest BCUT2D eigenvalue weighted by Crippen LogP contribution is 2.33. The van der Waals surface area contributed by atoms with E-state index in [-0.39, 0.29) is 5.41 Å². The third-order valence-corrected chi connectivity index (χ3v) is 2.73. The molecule has 1 N–H and O–H groups in total. The zero-order valence-corrected chi connectivity index (χ0v) is 10.3. The van der Waals surface area contributed by atoms with Gasteiger partial charge in [-0.1, -0.05) is 52.3 Å². The van der Waals surface area contributed by atoms with Gasteiger partial charge in [-0.15, -0.1) is 0 Å². The van der Waals surface area contributed by atoms with E-state index in [1.165, 1.54) is 6.42 Å². The topological polar surface area (TPSA) is 20.2 Å². The Morgan fingerprint density at radius 1 is 1.20 bits per heavy atom. The van der Waals surface area contributed by atoms with Crippen molar-refractivity contribution >= 4 is 0 Å². The highest BCUT2D eigenvalue weighted by molar-refractivity contribution is 5.44. The van der Waals surface area contributed by atoms with Crippen molar-refractivity contribution < 1.29 is 5.11 Å². The third-order valence-electron chi connectivity index (χ3n) is 2.73. The van der Waals surface area contributed by atoms with Crippen molar-refractivity contribution in [3.8, 4) is 5.75 Å². The molecule has 1 aromatic carbocycles. The molecule has 0 atom stereocenters. The van der Waals surface area contributed by atoms with E-state index in [0.29, 0.717) is 5.75 Å². The SMILES string of the molecule is CCCCc1cccc(C(C)(C)C)c1O. The van der Waals surface area contributed by atoms with Gasteiger partial charge in [0.05, 0.1) is 0 Å². The molecule has 1 nitrogen and oxygen atoms in total. The van der Waals surface area contributed by atoms with Crippen LogP contribution >= 0.6 is 0 Å². The maximum atomic E-state index is 10.2. The van der Waals surface area contributed by atoms with E-state index in [0.717, 1.165) is 24.0 Å². The predicted octanol–water partition coefficient (Wildman–Crippen LogP) is 4.03. The van der Waals surface area contributed by atoms with Gasteiger partial charge in [0.1, 0.15) is 5.75 Å². The number of para-hydroxylation sites is 1. The largest absolute Gasteiger partial charge is 0.507 e. The zero-order valence-electron chi connectivity index (χ0n) is 10.3. The number of hydrogen-bond donors (Lipinski definition) is 1. The molecule has 0 saturated heterocycles. The van der Waals surface area contributed by atoms with E-state index < -0.39 is 0 Å². The molecule has 1 aromatic rings. The first kappa shape index (κ1) is 12.1. The van der Waals surface area contributed by atoms with Crippen molar-refractivity contribution in [3.63, 3.8) is 0 Å². The number of rotatable bonds is 3. The molecule has 0 fully saturated rings. The van der Waals surface area contributed by atoms with Crippen molar-refractivity contribution in [1.29, 1.82) is 0 Å². The summed E-state index contributed by atoms with van der Waals surface area (Å²) in [5.74, 6) is 0.499. The lowest BCUT2D eigenvalue weighted by Gasteiger charge is -2.21. The second-order valence-electron chi connectivity index (χ2n) is 5.17. The molecule has 0 saturated carbocycles. The quantitative estimate of drug-likeness (QED) is 0.791. The molecule has 0 unspecified atom stereocenters. The van der Waals surface area contributed by atoms with Crippen molar-refractivity contribution in [2.75, 3.05) is 0 Å². The number of phenolic OH excluding ortho intramolecular Hbond substituents is 1. The average molecular weight is 206 g/mol. The summed E-state index contributed by atoms with van der Waals surface area (Å²) in [6, 6.07) is 6.09. The Hall–Kier alpha value is -0.980. The van der Waals surface area contributed by atoms with Crippen LogP contribution < -0.4 is 0 Å². The van der Waals surface area contributed by atoms with Gasteiger partial charge in [-0.05, 0) is 29.4 Å². The Kier molecular flexibility index (Phi) is 3.78. The molecule has 84 valence electrons. The van der Waals surface area contributed by atoms with Gasteiger partial charge in [0, 0.05) is 0 Å². The molecule has 0 radical (unpaired) electrons. The monoisotopic (exact) mass is 206 g/mol. The fraction of sp³-hybridized carbons (Fsp3) is 0.571. The molecule has 1 rings (SSSR count). The molecular formula is C14H22O. The fourth-order valence-electron chi connectivity index (χ4n) is 1.77. The van der Waals surface area contributed by atoms with Crippen molar-refractivity contribution in [1.82, 2.24) is 0 Å². The van der Waals surface area contributed by atoms with Crippen LogP contribution in [0.1, 0.15) is 51.7 Å². The van der Waals surface area contributed by atoms with E-state index >= 15 is 0 Å². The van der Waals surface area contributed by atoms with Crippen molar-refractivity contribution in [3.05, 3.63) is 29.3 Å². The average Bonchev–Trinajstić information content (AvgIpc) is 2.14. The number of unbranched alkanes of at least 4 members (excludes halogenated alkanes) is 1. The molecular weight excluding hydrogens is 184 g/mol.